The second-order valence-corrected chi connectivity index (χ2v) is 5.08. The summed E-state index contributed by atoms with van der Waals surface area (Å²) in [5.41, 5.74) is 5.39. The highest BCUT2D eigenvalue weighted by Crippen LogP contribution is 2.04. The summed E-state index contributed by atoms with van der Waals surface area (Å²) in [6.45, 7) is 3.66. The van der Waals surface area contributed by atoms with Crippen LogP contribution in [0.5, 0.6) is 0 Å². The van der Waals surface area contributed by atoms with Gasteiger partial charge in [0.05, 0.1) is 0 Å². The van der Waals surface area contributed by atoms with Gasteiger partial charge in [-0.15, -0.1) is 12.4 Å². The van der Waals surface area contributed by atoms with Gasteiger partial charge in [0, 0.05) is 18.2 Å². The fourth-order valence-corrected chi connectivity index (χ4v) is 1.46. The average Bonchev–Trinajstić information content (AvgIpc) is 2.25. The molecule has 98 valence electrons. The quantitative estimate of drug-likeness (QED) is 0.631. The summed E-state index contributed by atoms with van der Waals surface area (Å²) in [6, 6.07) is 0. The van der Waals surface area contributed by atoms with Crippen molar-refractivity contribution in [1.29, 1.82) is 0 Å². The zero-order valence-corrected chi connectivity index (χ0v) is 12.0. The van der Waals surface area contributed by atoms with E-state index >= 15 is 0 Å². The lowest BCUT2D eigenvalue weighted by atomic mass is 10.1. The lowest BCUT2D eigenvalue weighted by Gasteiger charge is -2.09. The van der Waals surface area contributed by atoms with Gasteiger partial charge in [-0.25, -0.2) is 0 Å². The Hall–Kier alpha value is 0.0700. The van der Waals surface area contributed by atoms with E-state index in [1.54, 1.807) is 11.8 Å². The van der Waals surface area contributed by atoms with Gasteiger partial charge in [-0.1, -0.05) is 19.8 Å². The summed E-state index contributed by atoms with van der Waals surface area (Å²) in [5, 5.41) is 3.45. The van der Waals surface area contributed by atoms with Crippen molar-refractivity contribution in [1.82, 2.24) is 5.32 Å². The van der Waals surface area contributed by atoms with E-state index in [0.717, 1.165) is 38.8 Å². The largest absolute Gasteiger partial charge is 0.355 e. The summed E-state index contributed by atoms with van der Waals surface area (Å²) >= 11 is 1.77. The van der Waals surface area contributed by atoms with E-state index in [4.69, 9.17) is 5.73 Å². The summed E-state index contributed by atoms with van der Waals surface area (Å²) < 4.78 is 0. The van der Waals surface area contributed by atoms with Crippen molar-refractivity contribution in [2.24, 2.45) is 5.73 Å². The van der Waals surface area contributed by atoms with Crippen LogP contribution in [0.1, 0.15) is 39.0 Å². The third-order valence-corrected chi connectivity index (χ3v) is 3.32. The van der Waals surface area contributed by atoms with E-state index in [-0.39, 0.29) is 18.3 Å². The van der Waals surface area contributed by atoms with E-state index < -0.39 is 0 Å². The molecule has 3 nitrogen and oxygen atoms in total. The molecule has 0 aliphatic heterocycles. The molecule has 1 amide bonds. The van der Waals surface area contributed by atoms with Crippen LogP contribution in [0, 0.1) is 0 Å². The third-order valence-electron chi connectivity index (χ3n) is 2.35. The van der Waals surface area contributed by atoms with Crippen molar-refractivity contribution in [3.8, 4) is 0 Å². The Balaban J connectivity index is 0. The van der Waals surface area contributed by atoms with E-state index in [0.29, 0.717) is 11.7 Å². The number of carbonyl (C=O) groups is 1. The summed E-state index contributed by atoms with van der Waals surface area (Å²) in [5.74, 6) is 0.184. The molecule has 0 spiro atoms. The van der Waals surface area contributed by atoms with Crippen LogP contribution in [0.15, 0.2) is 0 Å². The Kier molecular flexibility index (Phi) is 15.1. The van der Waals surface area contributed by atoms with E-state index in [1.165, 1.54) is 0 Å². The Morgan fingerprint density at radius 2 is 1.94 bits per heavy atom. The highest BCUT2D eigenvalue weighted by molar-refractivity contribution is 7.99. The SMILES string of the molecule is CSC(C)CNC(=O)CCCCCCN.Cl. The number of hydrogen-bond acceptors (Lipinski definition) is 3. The lowest BCUT2D eigenvalue weighted by molar-refractivity contribution is -0.121. The number of hydrogen-bond donors (Lipinski definition) is 2. The first kappa shape index (κ1) is 18.4. The topological polar surface area (TPSA) is 55.1 Å². The maximum atomic E-state index is 11.4. The maximum absolute atomic E-state index is 11.4. The first-order valence-electron chi connectivity index (χ1n) is 5.70. The van der Waals surface area contributed by atoms with Gasteiger partial charge in [-0.2, -0.15) is 11.8 Å². The number of unbranched alkanes of at least 4 members (excludes halogenated alkanes) is 3. The number of thioether (sulfide) groups is 1. The molecule has 0 rings (SSSR count). The molecule has 3 N–H and O–H groups in total. The number of nitrogens with two attached hydrogens (primary N) is 1. The number of carbonyl (C=O) groups excluding carboxylic acids is 1. The summed E-state index contributed by atoms with van der Waals surface area (Å²) in [6.07, 6.45) is 7.04. The van der Waals surface area contributed by atoms with Gasteiger partial charge in [0.25, 0.3) is 0 Å². The second-order valence-electron chi connectivity index (χ2n) is 3.80. The van der Waals surface area contributed by atoms with Crippen LogP contribution < -0.4 is 11.1 Å². The number of nitrogens with one attached hydrogen (secondary N) is 1. The van der Waals surface area contributed by atoms with Crippen LogP contribution in [0.3, 0.4) is 0 Å². The van der Waals surface area contributed by atoms with Gasteiger partial charge in [-0.3, -0.25) is 4.79 Å². The van der Waals surface area contributed by atoms with Gasteiger partial charge < -0.3 is 11.1 Å². The highest BCUT2D eigenvalue weighted by atomic mass is 35.5. The molecule has 0 saturated carbocycles. The van der Waals surface area contributed by atoms with Crippen LogP contribution >= 0.6 is 24.2 Å². The first-order valence-corrected chi connectivity index (χ1v) is 6.99. The molecule has 0 radical (unpaired) electrons. The molecule has 1 unspecified atom stereocenters. The van der Waals surface area contributed by atoms with Crippen LogP contribution in [-0.2, 0) is 4.79 Å². The Labute approximate surface area is 110 Å². The molecule has 0 saturated heterocycles. The molecule has 1 atom stereocenters. The summed E-state index contributed by atoms with van der Waals surface area (Å²) in [7, 11) is 0. The Morgan fingerprint density at radius 1 is 1.31 bits per heavy atom. The van der Waals surface area contributed by atoms with Gasteiger partial charge in [0.2, 0.25) is 5.91 Å². The van der Waals surface area contributed by atoms with Crippen molar-refractivity contribution in [3.63, 3.8) is 0 Å². The molecular formula is C11H25ClN2OS. The average molecular weight is 269 g/mol. The molecule has 0 heterocycles. The normalized spacial score (nSPS) is 11.7. The van der Waals surface area contributed by atoms with E-state index in [1.807, 2.05) is 0 Å². The van der Waals surface area contributed by atoms with Crippen LogP contribution in [0.25, 0.3) is 0 Å². The smallest absolute Gasteiger partial charge is 0.220 e. The minimum absolute atomic E-state index is 0. The van der Waals surface area contributed by atoms with Crippen LogP contribution in [-0.4, -0.2) is 30.5 Å². The van der Waals surface area contributed by atoms with Crippen molar-refractivity contribution in [3.05, 3.63) is 0 Å². The molecule has 0 aromatic rings. The predicted molar refractivity (Wildman–Crippen MR) is 75.4 cm³/mol. The Bertz CT molecular complexity index is 170. The Morgan fingerprint density at radius 3 is 2.50 bits per heavy atom. The molecule has 5 heteroatoms. The fraction of sp³-hybridized carbons (Fsp3) is 0.909. The highest BCUT2D eigenvalue weighted by Gasteiger charge is 2.03. The van der Waals surface area contributed by atoms with Crippen molar-refractivity contribution in [2.75, 3.05) is 19.3 Å². The van der Waals surface area contributed by atoms with E-state index in [2.05, 4.69) is 18.5 Å². The van der Waals surface area contributed by atoms with Gasteiger partial charge in [0.1, 0.15) is 0 Å². The van der Waals surface area contributed by atoms with Crippen molar-refractivity contribution in [2.45, 2.75) is 44.3 Å². The molecule has 0 aliphatic carbocycles. The minimum Gasteiger partial charge on any atom is -0.355 e. The first-order chi connectivity index (χ1) is 7.20. The number of halogens is 1. The molecule has 0 aromatic carbocycles. The zero-order chi connectivity index (χ0) is 11.5. The molecule has 0 fully saturated rings. The van der Waals surface area contributed by atoms with Gasteiger partial charge in [0.15, 0.2) is 0 Å². The standard InChI is InChI=1S/C11H24N2OS.ClH/c1-10(15-2)9-13-11(14)7-5-3-4-6-8-12;/h10H,3-9,12H2,1-2H3,(H,13,14);1H. The third kappa shape index (κ3) is 12.1. The number of rotatable bonds is 9. The van der Waals surface area contributed by atoms with Crippen molar-refractivity contribution < 1.29 is 4.79 Å². The predicted octanol–water partition coefficient (Wildman–Crippen LogP) is 2.19. The molecule has 0 bridgehead atoms. The minimum atomic E-state index is 0. The molecule has 0 aliphatic rings. The maximum Gasteiger partial charge on any atom is 0.220 e. The monoisotopic (exact) mass is 268 g/mol. The van der Waals surface area contributed by atoms with Crippen LogP contribution in [0.4, 0.5) is 0 Å². The molecular weight excluding hydrogens is 244 g/mol. The number of amides is 1. The van der Waals surface area contributed by atoms with E-state index in [9.17, 15) is 4.79 Å². The zero-order valence-electron chi connectivity index (χ0n) is 10.3. The van der Waals surface area contributed by atoms with Gasteiger partial charge >= 0.3 is 0 Å². The molecule has 0 aromatic heterocycles. The van der Waals surface area contributed by atoms with Crippen LogP contribution in [0.2, 0.25) is 0 Å². The fourth-order valence-electron chi connectivity index (χ4n) is 1.21. The van der Waals surface area contributed by atoms with Crippen molar-refractivity contribution >= 4 is 30.1 Å². The molecule has 16 heavy (non-hydrogen) atoms. The summed E-state index contributed by atoms with van der Waals surface area (Å²) in [4.78, 5) is 11.4. The second kappa shape index (κ2) is 13.1. The van der Waals surface area contributed by atoms with Gasteiger partial charge in [-0.05, 0) is 25.6 Å². The lowest BCUT2D eigenvalue weighted by Crippen LogP contribution is -2.29.